The number of benzene rings is 11. The molecule has 0 N–H and O–H groups in total. The van der Waals surface area contributed by atoms with E-state index in [1.165, 1.54) is 11.1 Å². The molecule has 0 spiro atoms. The van der Waals surface area contributed by atoms with E-state index in [0.29, 0.717) is 11.6 Å². The van der Waals surface area contributed by atoms with Crippen molar-refractivity contribution in [2.24, 2.45) is 0 Å². The Labute approximate surface area is 479 Å². The van der Waals surface area contributed by atoms with Gasteiger partial charge in [-0.25, -0.2) is 19.9 Å². The predicted molar refractivity (Wildman–Crippen MR) is 343 cm³/mol. The summed E-state index contributed by atoms with van der Waals surface area (Å²) in [5.41, 5.74) is 20.0. The van der Waals surface area contributed by atoms with Crippen LogP contribution < -0.4 is 0 Å². The van der Waals surface area contributed by atoms with Gasteiger partial charge < -0.3 is 13.7 Å². The van der Waals surface area contributed by atoms with Gasteiger partial charge in [0.15, 0.2) is 11.6 Å². The predicted octanol–water partition coefficient (Wildman–Crippen LogP) is 19.2. The van der Waals surface area contributed by atoms with Crippen LogP contribution in [0.5, 0.6) is 0 Å². The lowest BCUT2D eigenvalue weighted by Gasteiger charge is -2.27. The first-order chi connectivity index (χ1) is 41.0. The van der Waals surface area contributed by atoms with Crippen molar-refractivity contribution in [1.29, 1.82) is 0 Å². The number of hydrogen-bond acceptors (Lipinski definition) is 4. The van der Waals surface area contributed by atoms with Gasteiger partial charge in [0.2, 0.25) is 0 Å². The Morgan fingerprint density at radius 2 is 0.494 bits per heavy atom. The topological polar surface area (TPSA) is 66.3 Å². The minimum Gasteiger partial charge on any atom is -0.306 e. The monoisotopic (exact) mass is 1060 g/mol. The first-order valence-electron chi connectivity index (χ1n) is 28.2. The second-order valence-corrected chi connectivity index (χ2v) is 21.5. The number of aryl methyl sites for hydroxylation is 2. The Morgan fingerprint density at radius 1 is 0.229 bits per heavy atom. The van der Waals surface area contributed by atoms with Gasteiger partial charge in [-0.2, -0.15) is 0 Å². The summed E-state index contributed by atoms with van der Waals surface area (Å²) in [4.78, 5) is 23.1. The maximum absolute atomic E-state index is 5.78. The number of nitrogens with zero attached hydrogens (tertiary/aromatic N) is 7. The smallest absolute Gasteiger partial charge is 0.162 e. The molecule has 0 unspecified atom stereocenters. The van der Waals surface area contributed by atoms with Crippen molar-refractivity contribution in [2.45, 2.75) is 13.8 Å². The van der Waals surface area contributed by atoms with Gasteiger partial charge in [-0.3, -0.25) is 0 Å². The number of hydrogen-bond donors (Lipinski definition) is 0. The zero-order valence-corrected chi connectivity index (χ0v) is 45.6. The van der Waals surface area contributed by atoms with Gasteiger partial charge in [0.1, 0.15) is 0 Å². The number of rotatable bonds is 9. The van der Waals surface area contributed by atoms with Gasteiger partial charge in [-0.05, 0) is 80.6 Å². The molecule has 11 aromatic carbocycles. The van der Waals surface area contributed by atoms with Crippen molar-refractivity contribution >= 4 is 65.4 Å². The summed E-state index contributed by atoms with van der Waals surface area (Å²) in [6, 6.07) is 97.4. The van der Waals surface area contributed by atoms with E-state index >= 15 is 0 Å². The maximum Gasteiger partial charge on any atom is 0.162 e. The Morgan fingerprint density at radius 3 is 0.819 bits per heavy atom. The fraction of sp³-hybridized carbons (Fsp3) is 0.0263. The third-order valence-corrected chi connectivity index (χ3v) is 16.4. The maximum atomic E-state index is 5.78. The molecule has 0 aliphatic heterocycles. The van der Waals surface area contributed by atoms with Crippen LogP contribution in [-0.2, 0) is 0 Å². The molecule has 0 aliphatic rings. The summed E-state index contributed by atoms with van der Waals surface area (Å²) in [6.07, 6.45) is 0. The lowest BCUT2D eigenvalue weighted by Crippen LogP contribution is -2.14. The van der Waals surface area contributed by atoms with Crippen LogP contribution in [0, 0.1) is 13.8 Å². The van der Waals surface area contributed by atoms with Crippen molar-refractivity contribution in [1.82, 2.24) is 33.6 Å². The zero-order valence-electron chi connectivity index (χ0n) is 45.6. The van der Waals surface area contributed by atoms with Crippen molar-refractivity contribution < 1.29 is 0 Å². The summed E-state index contributed by atoms with van der Waals surface area (Å²) >= 11 is 0. The first-order valence-corrected chi connectivity index (χ1v) is 28.2. The molecule has 0 bridgehead atoms. The van der Waals surface area contributed by atoms with Gasteiger partial charge in [-0.15, -0.1) is 0 Å². The average Bonchev–Trinajstić information content (AvgIpc) is 2.43. The molecule has 390 valence electrons. The highest BCUT2D eigenvalue weighted by Crippen LogP contribution is 2.50. The third-order valence-electron chi connectivity index (χ3n) is 16.4. The van der Waals surface area contributed by atoms with Crippen molar-refractivity contribution in [3.8, 4) is 84.9 Å². The molecule has 0 radical (unpaired) electrons. The molecular formula is C76H51N7. The fourth-order valence-electron chi connectivity index (χ4n) is 12.6. The minimum atomic E-state index is 0.549. The molecule has 83 heavy (non-hydrogen) atoms. The van der Waals surface area contributed by atoms with Crippen molar-refractivity contribution in [2.75, 3.05) is 0 Å². The number of para-hydroxylation sites is 4. The highest BCUT2D eigenvalue weighted by Gasteiger charge is 2.33. The summed E-state index contributed by atoms with van der Waals surface area (Å²) in [7, 11) is 0. The van der Waals surface area contributed by atoms with E-state index in [0.717, 1.165) is 139 Å². The van der Waals surface area contributed by atoms with E-state index in [2.05, 4.69) is 301 Å². The molecular weight excluding hydrogens is 1010 g/mol. The van der Waals surface area contributed by atoms with E-state index in [-0.39, 0.29) is 0 Å². The molecule has 0 saturated carbocycles. The van der Waals surface area contributed by atoms with Gasteiger partial charge in [-0.1, -0.05) is 217 Å². The molecule has 0 fully saturated rings. The van der Waals surface area contributed by atoms with Gasteiger partial charge in [0, 0.05) is 65.7 Å². The molecule has 0 atom stereocenters. The second-order valence-electron chi connectivity index (χ2n) is 21.5. The summed E-state index contributed by atoms with van der Waals surface area (Å²) in [5.74, 6) is 1.10. The molecule has 5 aromatic heterocycles. The van der Waals surface area contributed by atoms with Crippen LogP contribution in [0.1, 0.15) is 11.1 Å². The fourth-order valence-corrected chi connectivity index (χ4v) is 12.6. The number of aromatic nitrogens is 7. The first kappa shape index (κ1) is 47.9. The molecule has 7 nitrogen and oxygen atoms in total. The molecule has 0 aliphatic carbocycles. The van der Waals surface area contributed by atoms with E-state index in [1.54, 1.807) is 0 Å². The van der Waals surface area contributed by atoms with Gasteiger partial charge in [0.05, 0.1) is 72.9 Å². The normalized spacial score (nSPS) is 11.7. The van der Waals surface area contributed by atoms with Crippen LogP contribution in [0.4, 0.5) is 0 Å². The van der Waals surface area contributed by atoms with E-state index in [9.17, 15) is 0 Å². The molecule has 0 saturated heterocycles. The molecule has 7 heteroatoms. The lowest BCUT2D eigenvalue weighted by atomic mass is 9.98. The van der Waals surface area contributed by atoms with Crippen molar-refractivity contribution in [3.63, 3.8) is 0 Å². The van der Waals surface area contributed by atoms with Crippen LogP contribution >= 0.6 is 0 Å². The van der Waals surface area contributed by atoms with Crippen LogP contribution in [0.25, 0.3) is 150 Å². The summed E-state index contributed by atoms with van der Waals surface area (Å²) in [6.45, 7) is 4.36. The highest BCUT2D eigenvalue weighted by molar-refractivity contribution is 6.15. The highest BCUT2D eigenvalue weighted by atomic mass is 15.1. The minimum absolute atomic E-state index is 0.549. The largest absolute Gasteiger partial charge is 0.306 e. The Kier molecular flexibility index (Phi) is 11.2. The molecule has 0 amide bonds. The number of fused-ring (bicyclic) bond motifs is 9. The standard InChI is InChI=1S/C76H51N7/c1-48-39-41-70-58(43-48)56-33-17-21-37-68(56)81(70)72-60(75-77-62(50-23-7-3-8-24-50)46-63(78-75)51-25-9-4-10-26-51)45-61(76-79-64(52-27-11-5-12-28-52)47-65(80-76)53-29-13-6-14-30-53)73(82-69-38-22-18-34-57(69)59-44-49(2)40-42-71(59)82)74(72)83-66-35-19-15-31-54(66)55-32-16-20-36-67(55)83/h3-47H,1-2H3. The quantitative estimate of drug-likeness (QED) is 0.144. The second kappa shape index (κ2) is 19.4. The summed E-state index contributed by atoms with van der Waals surface area (Å²) in [5, 5.41) is 6.83. The Balaban J connectivity index is 1.21. The Bertz CT molecular complexity index is 4770. The van der Waals surface area contributed by atoms with Crippen LogP contribution in [0.3, 0.4) is 0 Å². The van der Waals surface area contributed by atoms with E-state index < -0.39 is 0 Å². The zero-order chi connectivity index (χ0) is 55.1. The van der Waals surface area contributed by atoms with Crippen LogP contribution in [0.15, 0.2) is 273 Å². The SMILES string of the molecule is Cc1ccc2c(c1)c1ccccc1n2-c1c(-c2nc(-c3ccccc3)cc(-c3ccccc3)n2)cc(-c2nc(-c3ccccc3)cc(-c3ccccc3)n2)c(-n2c3ccccc3c3cc(C)ccc32)c1-n1c2ccccc2c2ccccc21. The average molecular weight is 1060 g/mol. The van der Waals surface area contributed by atoms with Crippen LogP contribution in [0.2, 0.25) is 0 Å². The van der Waals surface area contributed by atoms with Crippen LogP contribution in [-0.4, -0.2) is 33.6 Å². The van der Waals surface area contributed by atoms with Gasteiger partial charge >= 0.3 is 0 Å². The van der Waals surface area contributed by atoms with E-state index in [4.69, 9.17) is 19.9 Å². The lowest BCUT2D eigenvalue weighted by molar-refractivity contribution is 1.04. The molecule has 16 aromatic rings. The molecule has 16 rings (SSSR count). The molecule has 5 heterocycles. The van der Waals surface area contributed by atoms with Crippen molar-refractivity contribution in [3.05, 3.63) is 284 Å². The third kappa shape index (κ3) is 7.88. The van der Waals surface area contributed by atoms with E-state index in [1.807, 2.05) is 0 Å². The van der Waals surface area contributed by atoms with Gasteiger partial charge in [0.25, 0.3) is 0 Å². The summed E-state index contributed by atoms with van der Waals surface area (Å²) < 4.78 is 7.48. The Hall–Kier alpha value is -11.0.